The highest BCUT2D eigenvalue weighted by molar-refractivity contribution is 7.89. The number of benzene rings is 2. The van der Waals surface area contributed by atoms with Crippen molar-refractivity contribution >= 4 is 15.7 Å². The van der Waals surface area contributed by atoms with E-state index in [-0.39, 0.29) is 4.90 Å². The number of methoxy groups -OCH3 is 2. The zero-order valence-electron chi connectivity index (χ0n) is 16.3. The van der Waals surface area contributed by atoms with Crippen LogP contribution in [-0.4, -0.2) is 58.0 Å². The summed E-state index contributed by atoms with van der Waals surface area (Å²) in [5.41, 5.74) is 0.667. The molecule has 1 saturated heterocycles. The van der Waals surface area contributed by atoms with Crippen LogP contribution in [-0.2, 0) is 16.6 Å². The Labute approximate surface area is 169 Å². The molecule has 0 aliphatic carbocycles. The van der Waals surface area contributed by atoms with Crippen LogP contribution in [0.4, 0.5) is 5.69 Å². The third-order valence-electron chi connectivity index (χ3n) is 5.01. The van der Waals surface area contributed by atoms with Crippen LogP contribution >= 0.6 is 0 Å². The molecule has 10 heteroatoms. The van der Waals surface area contributed by atoms with Crippen molar-refractivity contribution in [3.8, 4) is 11.5 Å². The molecule has 1 N–H and O–H groups in total. The number of nitro benzene ring substituents is 1. The molecule has 2 aromatic rings. The van der Waals surface area contributed by atoms with E-state index in [2.05, 4.69) is 0 Å². The Bertz CT molecular complexity index is 987. The fourth-order valence-electron chi connectivity index (χ4n) is 3.46. The number of hydrogen-bond acceptors (Lipinski definition) is 6. The molecule has 1 heterocycles. The van der Waals surface area contributed by atoms with Crippen molar-refractivity contribution in [1.29, 1.82) is 0 Å². The Hall–Kier alpha value is -2.69. The van der Waals surface area contributed by atoms with Gasteiger partial charge in [0, 0.05) is 11.6 Å². The number of sulfonamides is 1. The fourth-order valence-corrected chi connectivity index (χ4v) is 5.06. The number of nitro groups is 1. The monoisotopic (exact) mass is 422 g/mol. The number of ether oxygens (including phenoxy) is 2. The molecule has 29 heavy (non-hydrogen) atoms. The molecule has 1 aliphatic heterocycles. The predicted octanol–water partition coefficient (Wildman–Crippen LogP) is 0.701. The summed E-state index contributed by atoms with van der Waals surface area (Å²) in [5.74, 6) is 1.31. The highest BCUT2D eigenvalue weighted by atomic mass is 32.2. The lowest BCUT2D eigenvalue weighted by Crippen LogP contribution is -3.13. The molecule has 9 nitrogen and oxygen atoms in total. The van der Waals surface area contributed by atoms with E-state index in [1.807, 2.05) is 18.2 Å². The van der Waals surface area contributed by atoms with Crippen LogP contribution in [0.2, 0.25) is 0 Å². The normalized spacial score (nSPS) is 15.8. The highest BCUT2D eigenvalue weighted by Gasteiger charge is 2.34. The summed E-state index contributed by atoms with van der Waals surface area (Å²) < 4.78 is 37.7. The third-order valence-corrected chi connectivity index (χ3v) is 6.96. The summed E-state index contributed by atoms with van der Waals surface area (Å²) in [5, 5.41) is 11.2. The highest BCUT2D eigenvalue weighted by Crippen LogP contribution is 2.28. The molecule has 0 aromatic heterocycles. The second kappa shape index (κ2) is 8.76. The smallest absolute Gasteiger partial charge is 0.289 e. The van der Waals surface area contributed by atoms with Crippen molar-refractivity contribution in [2.75, 3.05) is 40.4 Å². The first-order chi connectivity index (χ1) is 13.9. The largest absolute Gasteiger partial charge is 0.493 e. The van der Waals surface area contributed by atoms with E-state index in [1.165, 1.54) is 33.5 Å². The van der Waals surface area contributed by atoms with E-state index in [0.717, 1.165) is 12.1 Å². The topological polar surface area (TPSA) is 103 Å². The van der Waals surface area contributed by atoms with Gasteiger partial charge in [-0.1, -0.05) is 12.1 Å². The van der Waals surface area contributed by atoms with Gasteiger partial charge in [0.15, 0.2) is 16.4 Å². The maximum absolute atomic E-state index is 12.9. The van der Waals surface area contributed by atoms with Crippen LogP contribution in [0.25, 0.3) is 0 Å². The molecule has 1 fully saturated rings. The number of para-hydroxylation sites is 1. The number of rotatable bonds is 7. The molecule has 2 aromatic carbocycles. The lowest BCUT2D eigenvalue weighted by atomic mass is 10.1. The van der Waals surface area contributed by atoms with Crippen LogP contribution in [0.5, 0.6) is 11.5 Å². The Kier molecular flexibility index (Phi) is 6.36. The van der Waals surface area contributed by atoms with Gasteiger partial charge in [-0.15, -0.1) is 0 Å². The van der Waals surface area contributed by atoms with Crippen LogP contribution in [0.15, 0.2) is 47.4 Å². The van der Waals surface area contributed by atoms with Gasteiger partial charge in [0.25, 0.3) is 5.69 Å². The van der Waals surface area contributed by atoms with Crippen molar-refractivity contribution in [1.82, 2.24) is 4.31 Å². The minimum Gasteiger partial charge on any atom is -0.493 e. The van der Waals surface area contributed by atoms with Gasteiger partial charge in [-0.2, -0.15) is 4.31 Å². The molecular formula is C19H24N3O6S+. The maximum Gasteiger partial charge on any atom is 0.289 e. The van der Waals surface area contributed by atoms with E-state index in [4.69, 9.17) is 9.47 Å². The summed E-state index contributed by atoms with van der Waals surface area (Å²) in [6.07, 6.45) is 0. The first-order valence-electron chi connectivity index (χ1n) is 9.15. The van der Waals surface area contributed by atoms with E-state index < -0.39 is 20.6 Å². The lowest BCUT2D eigenvalue weighted by molar-refractivity contribution is -0.917. The standard InChI is InChI=1S/C19H23N3O6S/c1-27-17-8-7-15(13-18(17)28-2)14-20-9-11-21(12-10-20)29(25,26)19-6-4-3-5-16(19)22(23)24/h3-8,13H,9-12,14H2,1-2H3/p+1. The SMILES string of the molecule is COc1ccc(C[NH+]2CCN(S(=O)(=O)c3ccccc3[N+](=O)[O-])CC2)cc1OC. The zero-order chi connectivity index (χ0) is 21.0. The van der Waals surface area contributed by atoms with Gasteiger partial charge < -0.3 is 14.4 Å². The van der Waals surface area contributed by atoms with Gasteiger partial charge in [0.1, 0.15) is 6.54 Å². The minimum atomic E-state index is -3.91. The Morgan fingerprint density at radius 2 is 1.72 bits per heavy atom. The van der Waals surface area contributed by atoms with Gasteiger partial charge in [-0.25, -0.2) is 8.42 Å². The molecule has 0 radical (unpaired) electrons. The molecule has 0 unspecified atom stereocenters. The summed E-state index contributed by atoms with van der Waals surface area (Å²) in [6.45, 7) is 2.54. The van der Waals surface area contributed by atoms with E-state index in [1.54, 1.807) is 14.2 Å². The van der Waals surface area contributed by atoms with Gasteiger partial charge in [-0.3, -0.25) is 10.1 Å². The van der Waals surface area contributed by atoms with Gasteiger partial charge >= 0.3 is 0 Å². The molecule has 1 aliphatic rings. The zero-order valence-corrected chi connectivity index (χ0v) is 17.1. The van der Waals surface area contributed by atoms with Crippen LogP contribution in [0, 0.1) is 10.1 Å². The van der Waals surface area contributed by atoms with Crippen LogP contribution in [0.1, 0.15) is 5.56 Å². The van der Waals surface area contributed by atoms with Crippen LogP contribution in [0.3, 0.4) is 0 Å². The number of nitrogens with one attached hydrogen (secondary N) is 1. The van der Waals surface area contributed by atoms with E-state index in [9.17, 15) is 18.5 Å². The Morgan fingerprint density at radius 3 is 2.34 bits per heavy atom. The van der Waals surface area contributed by atoms with Crippen LogP contribution < -0.4 is 14.4 Å². The van der Waals surface area contributed by atoms with E-state index >= 15 is 0 Å². The van der Waals surface area contributed by atoms with Gasteiger partial charge in [-0.05, 0) is 24.3 Å². The fraction of sp³-hybridized carbons (Fsp3) is 0.368. The van der Waals surface area contributed by atoms with E-state index in [0.29, 0.717) is 37.7 Å². The molecule has 0 atom stereocenters. The second-order valence-electron chi connectivity index (χ2n) is 6.75. The van der Waals surface area contributed by atoms with Crippen molar-refractivity contribution in [2.24, 2.45) is 0 Å². The quantitative estimate of drug-likeness (QED) is 0.521. The van der Waals surface area contributed by atoms with Crippen molar-refractivity contribution in [2.45, 2.75) is 11.4 Å². The first-order valence-corrected chi connectivity index (χ1v) is 10.6. The van der Waals surface area contributed by atoms with Gasteiger partial charge in [0.05, 0.1) is 45.3 Å². The van der Waals surface area contributed by atoms with Crippen molar-refractivity contribution < 1.29 is 27.7 Å². The van der Waals surface area contributed by atoms with Gasteiger partial charge in [0.2, 0.25) is 10.0 Å². The summed E-state index contributed by atoms with van der Waals surface area (Å²) in [7, 11) is -0.745. The second-order valence-corrected chi connectivity index (χ2v) is 8.65. The number of hydrogen-bond donors (Lipinski definition) is 1. The average Bonchev–Trinajstić information content (AvgIpc) is 2.74. The van der Waals surface area contributed by atoms with Crippen molar-refractivity contribution in [3.05, 3.63) is 58.1 Å². The minimum absolute atomic E-state index is 0.256. The summed E-state index contributed by atoms with van der Waals surface area (Å²) >= 11 is 0. The molecule has 0 spiro atoms. The Balaban J connectivity index is 1.68. The Morgan fingerprint density at radius 1 is 1.07 bits per heavy atom. The average molecular weight is 422 g/mol. The lowest BCUT2D eigenvalue weighted by Gasteiger charge is -2.31. The number of piperazine rings is 1. The molecular weight excluding hydrogens is 398 g/mol. The number of quaternary nitrogens is 1. The molecule has 156 valence electrons. The maximum atomic E-state index is 12.9. The van der Waals surface area contributed by atoms with Crippen molar-refractivity contribution in [3.63, 3.8) is 0 Å². The molecule has 0 amide bonds. The molecule has 0 bridgehead atoms. The molecule has 3 rings (SSSR count). The first kappa shape index (κ1) is 21.0. The predicted molar refractivity (Wildman–Crippen MR) is 106 cm³/mol. The summed E-state index contributed by atoms with van der Waals surface area (Å²) in [6, 6.07) is 11.2. The third kappa shape index (κ3) is 4.50. The molecule has 0 saturated carbocycles. The summed E-state index contributed by atoms with van der Waals surface area (Å²) in [4.78, 5) is 11.5. The number of nitrogens with zero attached hydrogens (tertiary/aromatic N) is 2.